The lowest BCUT2D eigenvalue weighted by Gasteiger charge is -2.33. The minimum absolute atomic E-state index is 0.182. The van der Waals surface area contributed by atoms with Gasteiger partial charge in [-0.15, -0.1) is 22.9 Å². The van der Waals surface area contributed by atoms with Crippen molar-refractivity contribution < 1.29 is 4.79 Å². The molecule has 1 aliphatic heterocycles. The molecule has 0 unspecified atom stereocenters. The fourth-order valence-electron chi connectivity index (χ4n) is 2.07. The van der Waals surface area contributed by atoms with Gasteiger partial charge in [0.05, 0.1) is 16.6 Å². The summed E-state index contributed by atoms with van der Waals surface area (Å²) in [6, 6.07) is 0. The summed E-state index contributed by atoms with van der Waals surface area (Å²) in [5.41, 5.74) is 0.970. The van der Waals surface area contributed by atoms with Crippen LogP contribution in [0, 0.1) is 0 Å². The molecule has 0 saturated carbocycles. The van der Waals surface area contributed by atoms with E-state index in [1.165, 1.54) is 0 Å². The van der Waals surface area contributed by atoms with Crippen LogP contribution in [-0.4, -0.2) is 53.4 Å². The number of piperazine rings is 1. The zero-order valence-corrected chi connectivity index (χ0v) is 12.1. The second-order valence-corrected chi connectivity index (χ2v) is 5.67. The number of aromatic nitrogens is 1. The number of carbonyl (C=O) groups excluding carboxylic acids is 1. The normalized spacial score (nSPS) is 17.1. The molecule has 0 spiro atoms. The predicted octanol–water partition coefficient (Wildman–Crippen LogP) is 1.59. The molecule has 6 heteroatoms. The van der Waals surface area contributed by atoms with Gasteiger partial charge in [-0.1, -0.05) is 0 Å². The second-order valence-electron chi connectivity index (χ2n) is 4.46. The van der Waals surface area contributed by atoms with E-state index >= 15 is 0 Å². The summed E-state index contributed by atoms with van der Waals surface area (Å²) in [5, 5.41) is 3.18. The third-order valence-electron chi connectivity index (χ3n) is 3.20. The maximum Gasteiger partial charge on any atom is 0.219 e. The van der Waals surface area contributed by atoms with Gasteiger partial charge < -0.3 is 4.90 Å². The molecule has 1 aromatic heterocycles. The van der Waals surface area contributed by atoms with Gasteiger partial charge in [0.25, 0.3) is 0 Å². The summed E-state index contributed by atoms with van der Waals surface area (Å²) in [6.07, 6.45) is 0.974. The zero-order valence-electron chi connectivity index (χ0n) is 10.6. The molecular weight excluding hydrogens is 270 g/mol. The standard InChI is InChI=1S/C12H18ClN3OS/c1-10(17)16-6-4-15(5-7-16)3-2-12-14-11(8-13)9-18-12/h9H,2-8H2,1H3. The SMILES string of the molecule is CC(=O)N1CCN(CCc2nc(CCl)cs2)CC1. The number of alkyl halides is 1. The third-order valence-corrected chi connectivity index (χ3v) is 4.43. The summed E-state index contributed by atoms with van der Waals surface area (Å²) in [7, 11) is 0. The molecule has 4 nitrogen and oxygen atoms in total. The Hall–Kier alpha value is -0.650. The third kappa shape index (κ3) is 3.67. The maximum atomic E-state index is 11.2. The highest BCUT2D eigenvalue weighted by atomic mass is 35.5. The topological polar surface area (TPSA) is 36.4 Å². The first-order chi connectivity index (χ1) is 8.69. The largest absolute Gasteiger partial charge is 0.340 e. The number of rotatable bonds is 4. The summed E-state index contributed by atoms with van der Waals surface area (Å²) in [6.45, 7) is 6.28. The van der Waals surface area contributed by atoms with Crippen LogP contribution in [0.3, 0.4) is 0 Å². The van der Waals surface area contributed by atoms with Gasteiger partial charge in [0.1, 0.15) is 0 Å². The van der Waals surface area contributed by atoms with Crippen LogP contribution in [0.4, 0.5) is 0 Å². The molecule has 2 rings (SSSR count). The molecule has 1 saturated heterocycles. The van der Waals surface area contributed by atoms with Crippen LogP contribution >= 0.6 is 22.9 Å². The van der Waals surface area contributed by atoms with E-state index in [0.717, 1.165) is 49.8 Å². The van der Waals surface area contributed by atoms with Crippen molar-refractivity contribution in [2.45, 2.75) is 19.2 Å². The van der Waals surface area contributed by atoms with Crippen molar-refractivity contribution in [1.82, 2.24) is 14.8 Å². The highest BCUT2D eigenvalue weighted by Gasteiger charge is 2.18. The van der Waals surface area contributed by atoms with Gasteiger partial charge in [0.15, 0.2) is 0 Å². The molecule has 0 aromatic carbocycles. The van der Waals surface area contributed by atoms with Crippen molar-refractivity contribution in [3.05, 3.63) is 16.1 Å². The Morgan fingerprint density at radius 3 is 2.72 bits per heavy atom. The van der Waals surface area contributed by atoms with E-state index in [1.807, 2.05) is 10.3 Å². The molecule has 0 radical (unpaired) electrons. The minimum Gasteiger partial charge on any atom is -0.340 e. The van der Waals surface area contributed by atoms with Crippen molar-refractivity contribution >= 4 is 28.8 Å². The van der Waals surface area contributed by atoms with Crippen molar-refractivity contribution in [2.75, 3.05) is 32.7 Å². The number of hydrogen-bond donors (Lipinski definition) is 0. The second kappa shape index (κ2) is 6.50. The smallest absolute Gasteiger partial charge is 0.219 e. The number of amides is 1. The predicted molar refractivity (Wildman–Crippen MR) is 74.1 cm³/mol. The molecule has 1 aliphatic rings. The van der Waals surface area contributed by atoms with E-state index in [0.29, 0.717) is 5.88 Å². The van der Waals surface area contributed by atoms with E-state index in [2.05, 4.69) is 9.88 Å². The van der Waals surface area contributed by atoms with Gasteiger partial charge in [-0.2, -0.15) is 0 Å². The fraction of sp³-hybridized carbons (Fsp3) is 0.667. The van der Waals surface area contributed by atoms with E-state index < -0.39 is 0 Å². The Labute approximate surface area is 117 Å². The van der Waals surface area contributed by atoms with Crippen LogP contribution in [0.15, 0.2) is 5.38 Å². The monoisotopic (exact) mass is 287 g/mol. The minimum atomic E-state index is 0.182. The van der Waals surface area contributed by atoms with Crippen LogP contribution in [0.2, 0.25) is 0 Å². The lowest BCUT2D eigenvalue weighted by Crippen LogP contribution is -2.48. The summed E-state index contributed by atoms with van der Waals surface area (Å²) >= 11 is 7.41. The molecule has 1 fully saturated rings. The van der Waals surface area contributed by atoms with Crippen LogP contribution in [0.1, 0.15) is 17.6 Å². The van der Waals surface area contributed by atoms with Crippen molar-refractivity contribution in [3.63, 3.8) is 0 Å². The number of nitrogens with zero attached hydrogens (tertiary/aromatic N) is 3. The number of hydrogen-bond acceptors (Lipinski definition) is 4. The average Bonchev–Trinajstić information content (AvgIpc) is 2.85. The van der Waals surface area contributed by atoms with Crippen molar-refractivity contribution in [3.8, 4) is 0 Å². The lowest BCUT2D eigenvalue weighted by atomic mass is 10.3. The Morgan fingerprint density at radius 2 is 2.17 bits per heavy atom. The van der Waals surface area contributed by atoms with Gasteiger partial charge in [-0.3, -0.25) is 9.69 Å². The average molecular weight is 288 g/mol. The van der Waals surface area contributed by atoms with Gasteiger partial charge in [-0.05, 0) is 0 Å². The Bertz CT molecular complexity index is 402. The Morgan fingerprint density at radius 1 is 1.44 bits per heavy atom. The quantitative estimate of drug-likeness (QED) is 0.789. The molecule has 0 bridgehead atoms. The van der Waals surface area contributed by atoms with Crippen LogP contribution in [0.5, 0.6) is 0 Å². The summed E-state index contributed by atoms with van der Waals surface area (Å²) in [4.78, 5) is 20.0. The molecular formula is C12H18ClN3OS. The number of carbonyl (C=O) groups is 1. The molecule has 0 aliphatic carbocycles. The molecule has 100 valence electrons. The molecule has 1 aromatic rings. The van der Waals surface area contributed by atoms with Crippen LogP contribution in [-0.2, 0) is 17.1 Å². The van der Waals surface area contributed by atoms with Gasteiger partial charge in [-0.25, -0.2) is 4.98 Å². The van der Waals surface area contributed by atoms with Crippen molar-refractivity contribution in [1.29, 1.82) is 0 Å². The lowest BCUT2D eigenvalue weighted by molar-refractivity contribution is -0.130. The van der Waals surface area contributed by atoms with E-state index in [4.69, 9.17) is 11.6 Å². The summed E-state index contributed by atoms with van der Waals surface area (Å²) < 4.78 is 0. The Balaban J connectivity index is 1.73. The summed E-state index contributed by atoms with van der Waals surface area (Å²) in [5.74, 6) is 0.676. The molecule has 0 atom stereocenters. The number of thiazole rings is 1. The fourth-order valence-corrected chi connectivity index (χ4v) is 3.08. The first kappa shape index (κ1) is 13.8. The van der Waals surface area contributed by atoms with E-state index in [9.17, 15) is 4.79 Å². The maximum absolute atomic E-state index is 11.2. The first-order valence-electron chi connectivity index (χ1n) is 6.16. The van der Waals surface area contributed by atoms with Gasteiger partial charge in [0.2, 0.25) is 5.91 Å². The van der Waals surface area contributed by atoms with Crippen molar-refractivity contribution in [2.24, 2.45) is 0 Å². The molecule has 2 heterocycles. The highest BCUT2D eigenvalue weighted by molar-refractivity contribution is 7.09. The molecule has 18 heavy (non-hydrogen) atoms. The highest BCUT2D eigenvalue weighted by Crippen LogP contribution is 2.13. The first-order valence-corrected chi connectivity index (χ1v) is 7.57. The zero-order chi connectivity index (χ0) is 13.0. The molecule has 1 amide bonds. The van der Waals surface area contributed by atoms with Gasteiger partial charge >= 0.3 is 0 Å². The van der Waals surface area contributed by atoms with E-state index in [1.54, 1.807) is 18.3 Å². The van der Waals surface area contributed by atoms with E-state index in [-0.39, 0.29) is 5.91 Å². The number of halogens is 1. The van der Waals surface area contributed by atoms with Crippen LogP contribution in [0.25, 0.3) is 0 Å². The van der Waals surface area contributed by atoms with Gasteiger partial charge in [0, 0.05) is 51.4 Å². The molecule has 0 N–H and O–H groups in total. The Kier molecular flexibility index (Phi) is 4.97. The van der Waals surface area contributed by atoms with Crippen LogP contribution < -0.4 is 0 Å².